The van der Waals surface area contributed by atoms with Gasteiger partial charge in [0.25, 0.3) is 5.91 Å². The summed E-state index contributed by atoms with van der Waals surface area (Å²) in [6.45, 7) is -0.258. The molecule has 1 amide bonds. The Kier molecular flexibility index (Phi) is 4.17. The zero-order chi connectivity index (χ0) is 15.6. The van der Waals surface area contributed by atoms with Crippen molar-refractivity contribution >= 4 is 11.9 Å². The quantitative estimate of drug-likeness (QED) is 0.902. The van der Waals surface area contributed by atoms with Gasteiger partial charge in [-0.2, -0.15) is 13.2 Å². The van der Waals surface area contributed by atoms with E-state index in [0.717, 1.165) is 17.0 Å². The van der Waals surface area contributed by atoms with Gasteiger partial charge in [-0.15, -0.1) is 0 Å². The molecule has 1 saturated heterocycles. The molecule has 1 heterocycles. The third-order valence-corrected chi connectivity index (χ3v) is 3.09. The number of carboxylic acids is 1. The molecule has 0 saturated carbocycles. The number of carbonyl (C=O) groups is 2. The fourth-order valence-electron chi connectivity index (χ4n) is 2.07. The SMILES string of the molecule is O=C(O)[C@@H]1CN(C(=O)c2ccccc2C(F)(F)F)CCO1. The molecule has 1 aliphatic heterocycles. The lowest BCUT2D eigenvalue weighted by atomic mass is 10.1. The van der Waals surface area contributed by atoms with E-state index in [1.807, 2.05) is 0 Å². The lowest BCUT2D eigenvalue weighted by molar-refractivity contribution is -0.154. The number of nitrogens with zero attached hydrogens (tertiary/aromatic N) is 1. The summed E-state index contributed by atoms with van der Waals surface area (Å²) >= 11 is 0. The van der Waals surface area contributed by atoms with Crippen LogP contribution in [0.3, 0.4) is 0 Å². The highest BCUT2D eigenvalue weighted by Crippen LogP contribution is 2.32. The molecule has 0 bridgehead atoms. The molecule has 1 atom stereocenters. The molecular formula is C13H12F3NO4. The maximum Gasteiger partial charge on any atom is 0.417 e. The largest absolute Gasteiger partial charge is 0.479 e. The monoisotopic (exact) mass is 303 g/mol. The normalized spacial score (nSPS) is 19.4. The van der Waals surface area contributed by atoms with Crippen LogP contribution in [0.1, 0.15) is 15.9 Å². The van der Waals surface area contributed by atoms with Crippen molar-refractivity contribution in [2.24, 2.45) is 0 Å². The summed E-state index contributed by atoms with van der Waals surface area (Å²) in [5.41, 5.74) is -1.52. The number of halogens is 3. The van der Waals surface area contributed by atoms with Crippen LogP contribution < -0.4 is 0 Å². The van der Waals surface area contributed by atoms with Crippen molar-refractivity contribution in [1.29, 1.82) is 0 Å². The number of hydrogen-bond donors (Lipinski definition) is 1. The van der Waals surface area contributed by atoms with Crippen LogP contribution in [-0.4, -0.2) is 47.7 Å². The van der Waals surface area contributed by atoms with Gasteiger partial charge in [-0.3, -0.25) is 4.79 Å². The molecule has 21 heavy (non-hydrogen) atoms. The van der Waals surface area contributed by atoms with Crippen molar-refractivity contribution < 1.29 is 32.6 Å². The zero-order valence-corrected chi connectivity index (χ0v) is 10.8. The van der Waals surface area contributed by atoms with Crippen molar-refractivity contribution in [3.8, 4) is 0 Å². The Labute approximate surface area is 117 Å². The van der Waals surface area contributed by atoms with Crippen LogP contribution in [-0.2, 0) is 15.7 Å². The number of rotatable bonds is 2. The summed E-state index contributed by atoms with van der Waals surface area (Å²) in [4.78, 5) is 24.1. The van der Waals surface area contributed by atoms with Crippen LogP contribution in [0.15, 0.2) is 24.3 Å². The lowest BCUT2D eigenvalue weighted by Gasteiger charge is -2.31. The molecule has 1 aliphatic rings. The highest BCUT2D eigenvalue weighted by Gasteiger charge is 2.37. The minimum Gasteiger partial charge on any atom is -0.479 e. The Morgan fingerprint density at radius 2 is 1.95 bits per heavy atom. The summed E-state index contributed by atoms with van der Waals surface area (Å²) in [7, 11) is 0. The van der Waals surface area contributed by atoms with E-state index >= 15 is 0 Å². The van der Waals surface area contributed by atoms with Gasteiger partial charge in [0.15, 0.2) is 6.10 Å². The number of carboxylic acid groups (broad SMARTS) is 1. The smallest absolute Gasteiger partial charge is 0.417 e. The Bertz CT molecular complexity index is 559. The van der Waals surface area contributed by atoms with Gasteiger partial charge in [-0.25, -0.2) is 4.79 Å². The topological polar surface area (TPSA) is 66.8 Å². The van der Waals surface area contributed by atoms with Crippen molar-refractivity contribution in [2.75, 3.05) is 19.7 Å². The second-order valence-corrected chi connectivity index (χ2v) is 4.49. The Balaban J connectivity index is 2.26. The standard InChI is InChI=1S/C13H12F3NO4/c14-13(15,16)9-4-2-1-3-8(9)11(18)17-5-6-21-10(7-17)12(19)20/h1-4,10H,5-7H2,(H,19,20)/t10-/m0/s1. The summed E-state index contributed by atoms with van der Waals surface area (Å²) in [5, 5.41) is 8.85. The second-order valence-electron chi connectivity index (χ2n) is 4.49. The molecule has 0 aromatic heterocycles. The Hall–Kier alpha value is -2.09. The summed E-state index contributed by atoms with van der Waals surface area (Å²) < 4.78 is 43.6. The fraction of sp³-hybridized carbons (Fsp3) is 0.385. The van der Waals surface area contributed by atoms with Gasteiger partial charge < -0.3 is 14.7 Å². The first-order valence-electron chi connectivity index (χ1n) is 6.10. The van der Waals surface area contributed by atoms with E-state index in [0.29, 0.717) is 0 Å². The number of carbonyl (C=O) groups excluding carboxylic acids is 1. The minimum atomic E-state index is -4.65. The van der Waals surface area contributed by atoms with E-state index in [4.69, 9.17) is 9.84 Å². The number of morpholine rings is 1. The maximum absolute atomic E-state index is 12.9. The molecule has 5 nitrogen and oxygen atoms in total. The molecule has 1 fully saturated rings. The number of alkyl halides is 3. The number of aliphatic carboxylic acids is 1. The molecule has 2 rings (SSSR count). The highest BCUT2D eigenvalue weighted by atomic mass is 19.4. The van der Waals surface area contributed by atoms with Gasteiger partial charge in [0.05, 0.1) is 24.3 Å². The molecule has 0 unspecified atom stereocenters. The highest BCUT2D eigenvalue weighted by molar-refractivity contribution is 5.96. The van der Waals surface area contributed by atoms with Crippen molar-refractivity contribution in [3.63, 3.8) is 0 Å². The molecule has 1 N–H and O–H groups in total. The average Bonchev–Trinajstić information content (AvgIpc) is 2.45. The van der Waals surface area contributed by atoms with Gasteiger partial charge in [0, 0.05) is 6.54 Å². The minimum absolute atomic E-state index is 0.0309. The number of ether oxygens (including phenoxy) is 1. The van der Waals surface area contributed by atoms with Crippen LogP contribution in [0.5, 0.6) is 0 Å². The predicted octanol–water partition coefficient (Wildman–Crippen LogP) is 1.63. The van der Waals surface area contributed by atoms with Gasteiger partial charge in [-0.05, 0) is 12.1 Å². The van der Waals surface area contributed by atoms with Gasteiger partial charge in [0.2, 0.25) is 0 Å². The van der Waals surface area contributed by atoms with Gasteiger partial charge in [0.1, 0.15) is 0 Å². The predicted molar refractivity (Wildman–Crippen MR) is 64.7 cm³/mol. The van der Waals surface area contributed by atoms with Crippen molar-refractivity contribution in [3.05, 3.63) is 35.4 Å². The van der Waals surface area contributed by atoms with Crippen LogP contribution in [0.25, 0.3) is 0 Å². The molecule has 1 aromatic carbocycles. The Morgan fingerprint density at radius 3 is 2.57 bits per heavy atom. The molecule has 8 heteroatoms. The second kappa shape index (κ2) is 5.72. The van der Waals surface area contributed by atoms with E-state index in [2.05, 4.69) is 0 Å². The number of hydrogen-bond acceptors (Lipinski definition) is 3. The fourth-order valence-corrected chi connectivity index (χ4v) is 2.07. The molecule has 0 radical (unpaired) electrons. The first-order valence-corrected chi connectivity index (χ1v) is 6.10. The molecule has 0 aliphatic carbocycles. The van der Waals surface area contributed by atoms with E-state index in [1.54, 1.807) is 0 Å². The molecule has 0 spiro atoms. The third kappa shape index (κ3) is 3.33. The zero-order valence-electron chi connectivity index (χ0n) is 10.8. The Morgan fingerprint density at radius 1 is 1.29 bits per heavy atom. The van der Waals surface area contributed by atoms with Crippen LogP contribution in [0.4, 0.5) is 13.2 Å². The molecule has 114 valence electrons. The van der Waals surface area contributed by atoms with Crippen LogP contribution in [0.2, 0.25) is 0 Å². The lowest BCUT2D eigenvalue weighted by Crippen LogP contribution is -2.48. The van der Waals surface area contributed by atoms with E-state index < -0.39 is 35.3 Å². The summed E-state index contributed by atoms with van der Waals surface area (Å²) in [6, 6.07) is 4.43. The van der Waals surface area contributed by atoms with Gasteiger partial charge >= 0.3 is 12.1 Å². The maximum atomic E-state index is 12.9. The van der Waals surface area contributed by atoms with Crippen LogP contribution in [0, 0.1) is 0 Å². The number of benzene rings is 1. The molecular weight excluding hydrogens is 291 g/mol. The summed E-state index contributed by atoms with van der Waals surface area (Å²) in [5.74, 6) is -2.10. The van der Waals surface area contributed by atoms with Gasteiger partial charge in [-0.1, -0.05) is 12.1 Å². The van der Waals surface area contributed by atoms with Crippen molar-refractivity contribution in [2.45, 2.75) is 12.3 Å². The van der Waals surface area contributed by atoms with Crippen LogP contribution >= 0.6 is 0 Å². The first kappa shape index (κ1) is 15.3. The first-order chi connectivity index (χ1) is 9.80. The van der Waals surface area contributed by atoms with Crippen molar-refractivity contribution in [1.82, 2.24) is 4.90 Å². The molecule has 1 aromatic rings. The van der Waals surface area contributed by atoms with E-state index in [-0.39, 0.29) is 19.7 Å². The third-order valence-electron chi connectivity index (χ3n) is 3.09. The van der Waals surface area contributed by atoms with E-state index in [1.165, 1.54) is 12.1 Å². The number of amides is 1. The van der Waals surface area contributed by atoms with E-state index in [9.17, 15) is 22.8 Å². The summed E-state index contributed by atoms with van der Waals surface area (Å²) in [6.07, 6.45) is -5.87. The average molecular weight is 303 g/mol.